The molecule has 0 aliphatic carbocycles. The number of esters is 1. The number of nitrogens with one attached hydrogen (secondary N) is 1. The zero-order valence-corrected chi connectivity index (χ0v) is 16.8. The molecule has 154 valence electrons. The molecule has 0 saturated carbocycles. The number of ether oxygens (including phenoxy) is 2. The molecule has 0 radical (unpaired) electrons. The molecule has 29 heavy (non-hydrogen) atoms. The SMILES string of the molecule is CCC(=O)c1ccc(OCC(=O)OCC(=O)Nc2ccc(S(C)(=O)=O)cc2)cc1. The van der Waals surface area contributed by atoms with Crippen LogP contribution in [0, 0.1) is 0 Å². The minimum Gasteiger partial charge on any atom is -0.482 e. The van der Waals surface area contributed by atoms with E-state index in [1.54, 1.807) is 31.2 Å². The van der Waals surface area contributed by atoms with E-state index in [9.17, 15) is 22.8 Å². The van der Waals surface area contributed by atoms with Gasteiger partial charge >= 0.3 is 5.97 Å². The Hall–Kier alpha value is -3.20. The van der Waals surface area contributed by atoms with Gasteiger partial charge in [-0.2, -0.15) is 0 Å². The van der Waals surface area contributed by atoms with Crippen LogP contribution in [-0.4, -0.2) is 45.5 Å². The Morgan fingerprint density at radius 2 is 1.55 bits per heavy atom. The number of hydrogen-bond donors (Lipinski definition) is 1. The first kappa shape index (κ1) is 22.1. The van der Waals surface area contributed by atoms with Crippen molar-refractivity contribution >= 4 is 33.2 Å². The predicted octanol–water partition coefficient (Wildman–Crippen LogP) is 2.24. The second-order valence-electron chi connectivity index (χ2n) is 6.10. The number of amides is 1. The van der Waals surface area contributed by atoms with Crippen molar-refractivity contribution in [3.05, 3.63) is 54.1 Å². The number of anilines is 1. The zero-order valence-electron chi connectivity index (χ0n) is 16.0. The number of rotatable bonds is 9. The summed E-state index contributed by atoms with van der Waals surface area (Å²) in [5.74, 6) is -0.910. The van der Waals surface area contributed by atoms with Gasteiger partial charge in [-0.25, -0.2) is 13.2 Å². The molecule has 0 fully saturated rings. The van der Waals surface area contributed by atoms with E-state index in [4.69, 9.17) is 9.47 Å². The van der Waals surface area contributed by atoms with E-state index in [2.05, 4.69) is 5.32 Å². The van der Waals surface area contributed by atoms with Gasteiger partial charge in [0.1, 0.15) is 5.75 Å². The summed E-state index contributed by atoms with van der Waals surface area (Å²) < 4.78 is 32.9. The van der Waals surface area contributed by atoms with Crippen LogP contribution in [0.3, 0.4) is 0 Å². The lowest BCUT2D eigenvalue weighted by molar-refractivity contribution is -0.149. The standard InChI is InChI=1S/C20H21NO7S/c1-3-18(22)14-4-8-16(9-5-14)27-13-20(24)28-12-19(23)21-15-6-10-17(11-7-15)29(2,25)26/h4-11H,3,12-13H2,1-2H3,(H,21,23). The lowest BCUT2D eigenvalue weighted by Crippen LogP contribution is -2.23. The van der Waals surface area contributed by atoms with E-state index in [-0.39, 0.29) is 10.7 Å². The third-order valence-corrected chi connectivity index (χ3v) is 4.91. The lowest BCUT2D eigenvalue weighted by atomic mass is 10.1. The van der Waals surface area contributed by atoms with Gasteiger partial charge in [0.2, 0.25) is 0 Å². The molecular weight excluding hydrogens is 398 g/mol. The van der Waals surface area contributed by atoms with Crippen LogP contribution in [0.2, 0.25) is 0 Å². The maximum Gasteiger partial charge on any atom is 0.344 e. The molecule has 0 aromatic heterocycles. The highest BCUT2D eigenvalue weighted by atomic mass is 32.2. The minimum absolute atomic E-state index is 0.00734. The molecule has 8 nitrogen and oxygen atoms in total. The van der Waals surface area contributed by atoms with Crippen LogP contribution in [0.15, 0.2) is 53.4 Å². The smallest absolute Gasteiger partial charge is 0.344 e. The van der Waals surface area contributed by atoms with Crippen LogP contribution >= 0.6 is 0 Å². The van der Waals surface area contributed by atoms with E-state index in [1.165, 1.54) is 24.3 Å². The van der Waals surface area contributed by atoms with Crippen LogP contribution in [0.5, 0.6) is 5.75 Å². The van der Waals surface area contributed by atoms with Crippen molar-refractivity contribution in [3.8, 4) is 5.75 Å². The van der Waals surface area contributed by atoms with E-state index in [0.717, 1.165) is 6.26 Å². The molecule has 0 heterocycles. The number of carbonyl (C=O) groups is 3. The van der Waals surface area contributed by atoms with Crippen molar-refractivity contribution in [2.24, 2.45) is 0 Å². The van der Waals surface area contributed by atoms with E-state index >= 15 is 0 Å². The van der Waals surface area contributed by atoms with Crippen molar-refractivity contribution in [1.29, 1.82) is 0 Å². The Morgan fingerprint density at radius 1 is 0.931 bits per heavy atom. The molecule has 9 heteroatoms. The first-order valence-corrected chi connectivity index (χ1v) is 10.6. The molecule has 0 aliphatic rings. The highest BCUT2D eigenvalue weighted by Crippen LogP contribution is 2.14. The molecule has 0 spiro atoms. The van der Waals surface area contributed by atoms with Crippen LogP contribution in [0.4, 0.5) is 5.69 Å². The number of hydrogen-bond acceptors (Lipinski definition) is 7. The van der Waals surface area contributed by atoms with E-state index in [1.807, 2.05) is 0 Å². The third-order valence-electron chi connectivity index (χ3n) is 3.78. The first-order chi connectivity index (χ1) is 13.7. The summed E-state index contributed by atoms with van der Waals surface area (Å²) in [5.41, 5.74) is 0.931. The van der Waals surface area contributed by atoms with Gasteiger partial charge in [0.25, 0.3) is 5.91 Å². The normalized spacial score (nSPS) is 10.8. The maximum absolute atomic E-state index is 11.8. The van der Waals surface area contributed by atoms with Crippen molar-refractivity contribution in [3.63, 3.8) is 0 Å². The molecule has 1 amide bonds. The zero-order chi connectivity index (χ0) is 21.4. The number of benzene rings is 2. The van der Waals surface area contributed by atoms with Crippen LogP contribution in [0.1, 0.15) is 23.7 Å². The molecule has 2 rings (SSSR count). The van der Waals surface area contributed by atoms with Gasteiger partial charge in [-0.1, -0.05) is 6.92 Å². The van der Waals surface area contributed by atoms with Gasteiger partial charge in [0, 0.05) is 23.9 Å². The second kappa shape index (κ2) is 9.83. The van der Waals surface area contributed by atoms with Gasteiger partial charge < -0.3 is 14.8 Å². The Kier molecular flexibility index (Phi) is 7.49. The molecular formula is C20H21NO7S. The topological polar surface area (TPSA) is 116 Å². The predicted molar refractivity (Wildman–Crippen MR) is 106 cm³/mol. The quantitative estimate of drug-likeness (QED) is 0.489. The third kappa shape index (κ3) is 7.04. The monoisotopic (exact) mass is 419 g/mol. The van der Waals surface area contributed by atoms with Crippen LogP contribution in [-0.2, 0) is 24.2 Å². The molecule has 0 aliphatic heterocycles. The molecule has 0 unspecified atom stereocenters. The Morgan fingerprint density at radius 3 is 2.10 bits per heavy atom. The van der Waals surface area contributed by atoms with Crippen molar-refractivity contribution < 1.29 is 32.3 Å². The van der Waals surface area contributed by atoms with Gasteiger partial charge in [-0.05, 0) is 48.5 Å². The van der Waals surface area contributed by atoms with Gasteiger partial charge in [0.15, 0.2) is 28.8 Å². The summed E-state index contributed by atoms with van der Waals surface area (Å²) in [7, 11) is -3.32. The summed E-state index contributed by atoms with van der Waals surface area (Å²) in [6, 6.07) is 12.0. The largest absolute Gasteiger partial charge is 0.482 e. The van der Waals surface area contributed by atoms with Crippen molar-refractivity contribution in [1.82, 2.24) is 0 Å². The number of Topliss-reactive ketones (excluding diaryl/α,β-unsaturated/α-hetero) is 1. The maximum atomic E-state index is 11.8. The highest BCUT2D eigenvalue weighted by molar-refractivity contribution is 7.90. The first-order valence-electron chi connectivity index (χ1n) is 8.70. The van der Waals surface area contributed by atoms with E-state index < -0.39 is 34.9 Å². The fourth-order valence-corrected chi connectivity index (χ4v) is 2.88. The van der Waals surface area contributed by atoms with Crippen molar-refractivity contribution in [2.75, 3.05) is 24.8 Å². The number of sulfone groups is 1. The molecule has 0 bridgehead atoms. The summed E-state index contributed by atoms with van der Waals surface area (Å²) in [6.07, 6.45) is 1.48. The molecule has 1 N–H and O–H groups in total. The highest BCUT2D eigenvalue weighted by Gasteiger charge is 2.11. The summed E-state index contributed by atoms with van der Waals surface area (Å²) in [5, 5.41) is 2.49. The Balaban J connectivity index is 1.75. The lowest BCUT2D eigenvalue weighted by Gasteiger charge is -2.08. The minimum atomic E-state index is -3.32. The fourth-order valence-electron chi connectivity index (χ4n) is 2.25. The molecule has 2 aromatic rings. The number of carbonyl (C=O) groups excluding carboxylic acids is 3. The molecule has 2 aromatic carbocycles. The molecule has 0 atom stereocenters. The second-order valence-corrected chi connectivity index (χ2v) is 8.11. The van der Waals surface area contributed by atoms with E-state index in [0.29, 0.717) is 23.4 Å². The average Bonchev–Trinajstić information content (AvgIpc) is 2.70. The van der Waals surface area contributed by atoms with Gasteiger partial charge in [-0.15, -0.1) is 0 Å². The van der Waals surface area contributed by atoms with Gasteiger partial charge in [-0.3, -0.25) is 9.59 Å². The van der Waals surface area contributed by atoms with Gasteiger partial charge in [0.05, 0.1) is 4.90 Å². The Bertz CT molecular complexity index is 980. The van der Waals surface area contributed by atoms with Crippen molar-refractivity contribution in [2.45, 2.75) is 18.2 Å². The Labute approximate surface area is 168 Å². The average molecular weight is 419 g/mol. The van der Waals surface area contributed by atoms with Crippen LogP contribution in [0.25, 0.3) is 0 Å². The molecule has 0 saturated heterocycles. The fraction of sp³-hybridized carbons (Fsp3) is 0.250. The summed E-state index contributed by atoms with van der Waals surface area (Å²) in [4.78, 5) is 35.2. The summed E-state index contributed by atoms with van der Waals surface area (Å²) in [6.45, 7) is 0.862. The number of ketones is 1. The van der Waals surface area contributed by atoms with Crippen LogP contribution < -0.4 is 10.1 Å². The summed E-state index contributed by atoms with van der Waals surface area (Å²) >= 11 is 0.